The average molecular weight is 232 g/mol. The van der Waals surface area contributed by atoms with Crippen molar-refractivity contribution in [2.24, 2.45) is 5.92 Å². The van der Waals surface area contributed by atoms with Gasteiger partial charge < -0.3 is 5.11 Å². The number of benzene rings is 1. The van der Waals surface area contributed by atoms with Crippen molar-refractivity contribution in [3.63, 3.8) is 0 Å². The van der Waals surface area contributed by atoms with Gasteiger partial charge in [-0.3, -0.25) is 4.79 Å². The van der Waals surface area contributed by atoms with Crippen molar-refractivity contribution in [2.45, 2.75) is 33.1 Å². The van der Waals surface area contributed by atoms with E-state index in [1.54, 1.807) is 0 Å². The molecule has 0 aliphatic rings. The van der Waals surface area contributed by atoms with Gasteiger partial charge in [-0.2, -0.15) is 0 Å². The molecule has 1 N–H and O–H groups in total. The van der Waals surface area contributed by atoms with Crippen LogP contribution in [0.2, 0.25) is 0 Å². The lowest BCUT2D eigenvalue weighted by Crippen LogP contribution is -2.19. The molecule has 0 aliphatic heterocycles. The second-order valence-corrected chi connectivity index (χ2v) is 4.66. The van der Waals surface area contributed by atoms with Crippen LogP contribution in [-0.4, -0.2) is 11.1 Å². The number of carboxylic acids is 1. The SMILES string of the molecule is CC(C)=CC[C@H](C(=O)O)[C@@H](C)c1ccccc1. The van der Waals surface area contributed by atoms with Gasteiger partial charge in [0, 0.05) is 0 Å². The molecule has 0 unspecified atom stereocenters. The molecule has 0 radical (unpaired) electrons. The first-order valence-corrected chi connectivity index (χ1v) is 5.93. The van der Waals surface area contributed by atoms with Gasteiger partial charge in [0.15, 0.2) is 0 Å². The minimum atomic E-state index is -0.723. The van der Waals surface area contributed by atoms with E-state index < -0.39 is 5.97 Å². The summed E-state index contributed by atoms with van der Waals surface area (Å²) in [5, 5.41) is 9.29. The van der Waals surface area contributed by atoms with Gasteiger partial charge in [-0.25, -0.2) is 0 Å². The van der Waals surface area contributed by atoms with Crippen LogP contribution in [0.3, 0.4) is 0 Å². The molecule has 2 heteroatoms. The van der Waals surface area contributed by atoms with E-state index in [0.29, 0.717) is 6.42 Å². The summed E-state index contributed by atoms with van der Waals surface area (Å²) in [7, 11) is 0. The van der Waals surface area contributed by atoms with Crippen LogP contribution < -0.4 is 0 Å². The maximum absolute atomic E-state index is 11.3. The summed E-state index contributed by atoms with van der Waals surface area (Å²) in [6, 6.07) is 9.83. The first-order chi connectivity index (χ1) is 8.02. The highest BCUT2D eigenvalue weighted by Gasteiger charge is 2.24. The van der Waals surface area contributed by atoms with Crippen LogP contribution in [0.15, 0.2) is 42.0 Å². The molecule has 0 heterocycles. The molecule has 2 nitrogen and oxygen atoms in total. The number of allylic oxidation sites excluding steroid dienone is 2. The highest BCUT2D eigenvalue weighted by atomic mass is 16.4. The van der Waals surface area contributed by atoms with Gasteiger partial charge in [0.25, 0.3) is 0 Å². The molecular weight excluding hydrogens is 212 g/mol. The molecule has 1 rings (SSSR count). The van der Waals surface area contributed by atoms with E-state index in [4.69, 9.17) is 0 Å². The van der Waals surface area contributed by atoms with E-state index in [-0.39, 0.29) is 11.8 Å². The molecule has 0 aromatic heterocycles. The monoisotopic (exact) mass is 232 g/mol. The van der Waals surface area contributed by atoms with Crippen molar-refractivity contribution in [2.75, 3.05) is 0 Å². The van der Waals surface area contributed by atoms with Gasteiger partial charge in [-0.1, -0.05) is 48.9 Å². The van der Waals surface area contributed by atoms with Crippen molar-refractivity contribution < 1.29 is 9.90 Å². The molecule has 0 amide bonds. The summed E-state index contributed by atoms with van der Waals surface area (Å²) < 4.78 is 0. The van der Waals surface area contributed by atoms with Crippen LogP contribution in [0.4, 0.5) is 0 Å². The molecule has 1 aromatic rings. The Morgan fingerprint density at radius 1 is 1.29 bits per heavy atom. The molecule has 0 saturated carbocycles. The number of aliphatic carboxylic acids is 1. The third-order valence-electron chi connectivity index (χ3n) is 3.03. The second-order valence-electron chi connectivity index (χ2n) is 4.66. The lowest BCUT2D eigenvalue weighted by molar-refractivity contribution is -0.142. The minimum Gasteiger partial charge on any atom is -0.481 e. The van der Waals surface area contributed by atoms with E-state index >= 15 is 0 Å². The largest absolute Gasteiger partial charge is 0.481 e. The van der Waals surface area contributed by atoms with Crippen LogP contribution in [0.25, 0.3) is 0 Å². The molecular formula is C15H20O2. The Bertz CT molecular complexity index is 389. The third kappa shape index (κ3) is 4.06. The number of hydrogen-bond acceptors (Lipinski definition) is 1. The van der Waals surface area contributed by atoms with Crippen LogP contribution in [0.5, 0.6) is 0 Å². The average Bonchev–Trinajstić information content (AvgIpc) is 2.29. The normalized spacial score (nSPS) is 13.8. The quantitative estimate of drug-likeness (QED) is 0.783. The molecule has 0 spiro atoms. The molecule has 1 aromatic carbocycles. The fourth-order valence-corrected chi connectivity index (χ4v) is 1.87. The highest BCUT2D eigenvalue weighted by molar-refractivity contribution is 5.71. The fourth-order valence-electron chi connectivity index (χ4n) is 1.87. The lowest BCUT2D eigenvalue weighted by Gasteiger charge is -2.19. The first-order valence-electron chi connectivity index (χ1n) is 5.93. The van der Waals surface area contributed by atoms with E-state index in [0.717, 1.165) is 11.1 Å². The van der Waals surface area contributed by atoms with E-state index in [2.05, 4.69) is 0 Å². The Kier molecular flexibility index (Phi) is 4.95. The van der Waals surface area contributed by atoms with Gasteiger partial charge in [-0.05, 0) is 31.7 Å². The molecule has 0 aliphatic carbocycles. The van der Waals surface area contributed by atoms with Gasteiger partial charge >= 0.3 is 5.97 Å². The predicted molar refractivity (Wildman–Crippen MR) is 70.0 cm³/mol. The number of rotatable bonds is 5. The lowest BCUT2D eigenvalue weighted by atomic mass is 9.85. The van der Waals surface area contributed by atoms with Gasteiger partial charge in [0.05, 0.1) is 5.92 Å². The zero-order valence-corrected chi connectivity index (χ0v) is 10.7. The number of hydrogen-bond donors (Lipinski definition) is 1. The summed E-state index contributed by atoms with van der Waals surface area (Å²) in [4.78, 5) is 11.3. The van der Waals surface area contributed by atoms with Gasteiger partial charge in [0.1, 0.15) is 0 Å². The van der Waals surface area contributed by atoms with Crippen molar-refractivity contribution >= 4 is 5.97 Å². The Labute approximate surface area is 103 Å². The number of carbonyl (C=O) groups is 1. The van der Waals surface area contributed by atoms with Crippen LogP contribution >= 0.6 is 0 Å². The maximum atomic E-state index is 11.3. The molecule has 92 valence electrons. The van der Waals surface area contributed by atoms with Crippen LogP contribution in [-0.2, 0) is 4.79 Å². The van der Waals surface area contributed by atoms with E-state index in [1.165, 1.54) is 0 Å². The molecule has 0 saturated heterocycles. The van der Waals surface area contributed by atoms with Crippen molar-refractivity contribution in [3.8, 4) is 0 Å². The Morgan fingerprint density at radius 3 is 2.35 bits per heavy atom. The maximum Gasteiger partial charge on any atom is 0.307 e. The Hall–Kier alpha value is -1.57. The summed E-state index contributed by atoms with van der Waals surface area (Å²) >= 11 is 0. The minimum absolute atomic E-state index is 0.0318. The van der Waals surface area contributed by atoms with E-state index in [1.807, 2.05) is 57.2 Å². The summed E-state index contributed by atoms with van der Waals surface area (Å²) in [6.07, 6.45) is 2.59. The standard InChI is InChI=1S/C15H20O2/c1-11(2)9-10-14(15(16)17)12(3)13-7-5-4-6-8-13/h4-9,12,14H,10H2,1-3H3,(H,16,17)/t12-,14-/m0/s1. The van der Waals surface area contributed by atoms with Crippen LogP contribution in [0, 0.1) is 5.92 Å². The Balaban J connectivity index is 2.85. The predicted octanol–water partition coefficient (Wildman–Crippen LogP) is 3.85. The topological polar surface area (TPSA) is 37.3 Å². The third-order valence-corrected chi connectivity index (χ3v) is 3.03. The summed E-state index contributed by atoms with van der Waals surface area (Å²) in [5.74, 6) is -1.05. The second kappa shape index (κ2) is 6.24. The van der Waals surface area contributed by atoms with Crippen LogP contribution in [0.1, 0.15) is 38.7 Å². The smallest absolute Gasteiger partial charge is 0.307 e. The van der Waals surface area contributed by atoms with Crippen molar-refractivity contribution in [3.05, 3.63) is 47.5 Å². The summed E-state index contributed by atoms with van der Waals surface area (Å²) in [6.45, 7) is 5.96. The van der Waals surface area contributed by atoms with Crippen molar-refractivity contribution in [1.82, 2.24) is 0 Å². The first kappa shape index (κ1) is 13.5. The number of carboxylic acid groups (broad SMARTS) is 1. The molecule has 2 atom stereocenters. The molecule has 0 fully saturated rings. The fraction of sp³-hybridized carbons (Fsp3) is 0.400. The highest BCUT2D eigenvalue weighted by Crippen LogP contribution is 2.27. The van der Waals surface area contributed by atoms with E-state index in [9.17, 15) is 9.90 Å². The Morgan fingerprint density at radius 2 is 1.88 bits per heavy atom. The van der Waals surface area contributed by atoms with Gasteiger partial charge in [-0.15, -0.1) is 0 Å². The van der Waals surface area contributed by atoms with Crippen molar-refractivity contribution in [1.29, 1.82) is 0 Å². The molecule has 0 bridgehead atoms. The summed E-state index contributed by atoms with van der Waals surface area (Å²) in [5.41, 5.74) is 2.25. The zero-order chi connectivity index (χ0) is 12.8. The van der Waals surface area contributed by atoms with Gasteiger partial charge in [0.2, 0.25) is 0 Å². The zero-order valence-electron chi connectivity index (χ0n) is 10.7. The molecule has 17 heavy (non-hydrogen) atoms.